The van der Waals surface area contributed by atoms with Crippen LogP contribution in [0.2, 0.25) is 0 Å². The zero-order valence-corrected chi connectivity index (χ0v) is 12.2. The molecule has 1 aromatic carbocycles. The van der Waals surface area contributed by atoms with Crippen molar-refractivity contribution in [3.8, 4) is 0 Å². The van der Waals surface area contributed by atoms with Gasteiger partial charge in [-0.3, -0.25) is 4.79 Å². The van der Waals surface area contributed by atoms with Crippen molar-refractivity contribution in [3.63, 3.8) is 0 Å². The fraction of sp³-hybridized carbons (Fsp3) is 0.500. The highest BCUT2D eigenvalue weighted by atomic mass is 79.9. The number of rotatable bonds is 2. The van der Waals surface area contributed by atoms with E-state index in [-0.39, 0.29) is 11.9 Å². The van der Waals surface area contributed by atoms with Gasteiger partial charge in [-0.1, -0.05) is 25.0 Å². The molecule has 0 aliphatic carbocycles. The van der Waals surface area contributed by atoms with Crippen LogP contribution in [0.25, 0.3) is 0 Å². The number of carbonyl (C=O) groups is 1. The SMILES string of the molecule is Cc1cccc(NC(=O)C2CCCCCN2)c1Br. The molecule has 0 radical (unpaired) electrons. The van der Waals surface area contributed by atoms with Gasteiger partial charge >= 0.3 is 0 Å². The molecular formula is C14H19BrN2O. The first-order valence-electron chi connectivity index (χ1n) is 6.48. The number of amides is 1. The second kappa shape index (κ2) is 6.34. The van der Waals surface area contributed by atoms with Crippen molar-refractivity contribution in [2.24, 2.45) is 0 Å². The molecule has 98 valence electrons. The summed E-state index contributed by atoms with van der Waals surface area (Å²) in [4.78, 5) is 12.2. The summed E-state index contributed by atoms with van der Waals surface area (Å²) in [7, 11) is 0. The predicted molar refractivity (Wildman–Crippen MR) is 77.8 cm³/mol. The fourth-order valence-corrected chi connectivity index (χ4v) is 2.58. The average molecular weight is 311 g/mol. The molecule has 18 heavy (non-hydrogen) atoms. The minimum Gasteiger partial charge on any atom is -0.324 e. The van der Waals surface area contributed by atoms with Crippen LogP contribution in [-0.2, 0) is 4.79 Å². The number of aryl methyl sites for hydroxylation is 1. The maximum atomic E-state index is 12.2. The first-order chi connectivity index (χ1) is 8.68. The van der Waals surface area contributed by atoms with Crippen molar-refractivity contribution in [2.45, 2.75) is 38.6 Å². The summed E-state index contributed by atoms with van der Waals surface area (Å²) in [5.74, 6) is 0.0724. The number of nitrogens with one attached hydrogen (secondary N) is 2. The topological polar surface area (TPSA) is 41.1 Å². The molecule has 0 bridgehead atoms. The molecule has 1 heterocycles. The highest BCUT2D eigenvalue weighted by Gasteiger charge is 2.20. The van der Waals surface area contributed by atoms with Gasteiger partial charge < -0.3 is 10.6 Å². The Morgan fingerprint density at radius 1 is 1.39 bits per heavy atom. The Balaban J connectivity index is 2.03. The maximum Gasteiger partial charge on any atom is 0.241 e. The Hall–Kier alpha value is -0.870. The lowest BCUT2D eigenvalue weighted by Crippen LogP contribution is -2.39. The van der Waals surface area contributed by atoms with Gasteiger partial charge in [0.15, 0.2) is 0 Å². The molecule has 0 saturated carbocycles. The third-order valence-corrected chi connectivity index (χ3v) is 4.38. The monoisotopic (exact) mass is 310 g/mol. The number of hydrogen-bond acceptors (Lipinski definition) is 2. The normalized spacial score (nSPS) is 20.2. The summed E-state index contributed by atoms with van der Waals surface area (Å²) >= 11 is 3.51. The summed E-state index contributed by atoms with van der Waals surface area (Å²) in [5, 5.41) is 6.31. The van der Waals surface area contributed by atoms with Crippen LogP contribution in [0.1, 0.15) is 31.2 Å². The van der Waals surface area contributed by atoms with Gasteiger partial charge in [0, 0.05) is 4.47 Å². The van der Waals surface area contributed by atoms with Gasteiger partial charge in [-0.2, -0.15) is 0 Å². The van der Waals surface area contributed by atoms with Crippen LogP contribution < -0.4 is 10.6 Å². The maximum absolute atomic E-state index is 12.2. The van der Waals surface area contributed by atoms with E-state index in [4.69, 9.17) is 0 Å². The number of halogens is 1. The Kier molecular flexibility index (Phi) is 4.78. The van der Waals surface area contributed by atoms with E-state index in [9.17, 15) is 4.79 Å². The molecule has 1 fully saturated rings. The molecule has 4 heteroatoms. The van der Waals surface area contributed by atoms with E-state index in [1.165, 1.54) is 6.42 Å². The van der Waals surface area contributed by atoms with E-state index >= 15 is 0 Å². The second-order valence-corrected chi connectivity index (χ2v) is 5.57. The molecule has 1 atom stereocenters. The van der Waals surface area contributed by atoms with Gasteiger partial charge in [-0.15, -0.1) is 0 Å². The predicted octanol–water partition coefficient (Wildman–Crippen LogP) is 3.23. The van der Waals surface area contributed by atoms with Crippen LogP contribution >= 0.6 is 15.9 Å². The third-order valence-electron chi connectivity index (χ3n) is 3.33. The second-order valence-electron chi connectivity index (χ2n) is 4.78. The van der Waals surface area contributed by atoms with Gasteiger partial charge in [0.05, 0.1) is 11.7 Å². The number of carbonyl (C=O) groups excluding carboxylic acids is 1. The number of benzene rings is 1. The van der Waals surface area contributed by atoms with Crippen molar-refractivity contribution in [1.29, 1.82) is 0 Å². The zero-order valence-electron chi connectivity index (χ0n) is 10.6. The van der Waals surface area contributed by atoms with Crippen molar-refractivity contribution in [1.82, 2.24) is 5.32 Å². The average Bonchev–Trinajstić information content (AvgIpc) is 2.63. The van der Waals surface area contributed by atoms with Crippen molar-refractivity contribution >= 4 is 27.5 Å². The molecule has 1 aliphatic rings. The molecule has 1 aromatic rings. The van der Waals surface area contributed by atoms with Crippen LogP contribution in [0.3, 0.4) is 0 Å². The molecule has 1 aliphatic heterocycles. The van der Waals surface area contributed by atoms with E-state index in [0.29, 0.717) is 0 Å². The highest BCUT2D eigenvalue weighted by molar-refractivity contribution is 9.10. The summed E-state index contributed by atoms with van der Waals surface area (Å²) < 4.78 is 0.965. The molecule has 1 unspecified atom stereocenters. The number of hydrogen-bond donors (Lipinski definition) is 2. The van der Waals surface area contributed by atoms with Crippen molar-refractivity contribution < 1.29 is 4.79 Å². The molecule has 1 saturated heterocycles. The lowest BCUT2D eigenvalue weighted by molar-refractivity contribution is -0.118. The Morgan fingerprint density at radius 2 is 2.22 bits per heavy atom. The van der Waals surface area contributed by atoms with E-state index in [0.717, 1.165) is 41.5 Å². The summed E-state index contributed by atoms with van der Waals surface area (Å²) in [6, 6.07) is 5.84. The molecule has 2 N–H and O–H groups in total. The number of anilines is 1. The van der Waals surface area contributed by atoms with Crippen LogP contribution in [-0.4, -0.2) is 18.5 Å². The van der Waals surface area contributed by atoms with E-state index in [1.807, 2.05) is 25.1 Å². The molecule has 2 rings (SSSR count). The van der Waals surface area contributed by atoms with Gasteiger partial charge in [0.1, 0.15) is 0 Å². The van der Waals surface area contributed by atoms with Gasteiger partial charge in [-0.05, 0) is 53.9 Å². The summed E-state index contributed by atoms with van der Waals surface area (Å²) in [6.45, 7) is 2.96. The van der Waals surface area contributed by atoms with Gasteiger partial charge in [0.2, 0.25) is 5.91 Å². The quantitative estimate of drug-likeness (QED) is 0.880. The lowest BCUT2D eigenvalue weighted by atomic mass is 10.1. The largest absolute Gasteiger partial charge is 0.324 e. The summed E-state index contributed by atoms with van der Waals surface area (Å²) in [6.07, 6.45) is 4.43. The van der Waals surface area contributed by atoms with E-state index in [2.05, 4.69) is 26.6 Å². The minimum atomic E-state index is -0.0556. The van der Waals surface area contributed by atoms with Crippen LogP contribution in [0.5, 0.6) is 0 Å². The minimum absolute atomic E-state index is 0.0556. The molecule has 1 amide bonds. The Bertz CT molecular complexity index is 426. The van der Waals surface area contributed by atoms with Crippen LogP contribution in [0.4, 0.5) is 5.69 Å². The van der Waals surface area contributed by atoms with E-state index in [1.54, 1.807) is 0 Å². The van der Waals surface area contributed by atoms with Crippen LogP contribution in [0.15, 0.2) is 22.7 Å². The third kappa shape index (κ3) is 3.33. The molecule has 3 nitrogen and oxygen atoms in total. The van der Waals surface area contributed by atoms with Crippen molar-refractivity contribution in [2.75, 3.05) is 11.9 Å². The van der Waals surface area contributed by atoms with Crippen LogP contribution in [0, 0.1) is 6.92 Å². The zero-order chi connectivity index (χ0) is 13.0. The Labute approximate surface area is 116 Å². The molecular weight excluding hydrogens is 292 g/mol. The Morgan fingerprint density at radius 3 is 3.06 bits per heavy atom. The highest BCUT2D eigenvalue weighted by Crippen LogP contribution is 2.26. The molecule has 0 spiro atoms. The first kappa shape index (κ1) is 13.6. The van der Waals surface area contributed by atoms with Gasteiger partial charge in [-0.25, -0.2) is 0 Å². The summed E-state index contributed by atoms with van der Waals surface area (Å²) in [5.41, 5.74) is 1.98. The standard InChI is InChI=1S/C14H19BrN2O/c1-10-6-5-8-11(13(10)15)17-14(18)12-7-3-2-4-9-16-12/h5-6,8,12,16H,2-4,7,9H2,1H3,(H,17,18). The molecule has 0 aromatic heterocycles. The first-order valence-corrected chi connectivity index (χ1v) is 7.27. The van der Waals surface area contributed by atoms with Crippen molar-refractivity contribution in [3.05, 3.63) is 28.2 Å². The van der Waals surface area contributed by atoms with E-state index < -0.39 is 0 Å². The lowest BCUT2D eigenvalue weighted by Gasteiger charge is -2.16. The smallest absolute Gasteiger partial charge is 0.241 e. The fourth-order valence-electron chi connectivity index (χ4n) is 2.22. The van der Waals surface area contributed by atoms with Gasteiger partial charge in [0.25, 0.3) is 0 Å².